The Morgan fingerprint density at radius 3 is 2.84 bits per heavy atom. The summed E-state index contributed by atoms with van der Waals surface area (Å²) >= 11 is 1.67. The fourth-order valence-electron chi connectivity index (χ4n) is 2.54. The van der Waals surface area contributed by atoms with E-state index < -0.39 is 0 Å². The van der Waals surface area contributed by atoms with Gasteiger partial charge in [0.25, 0.3) is 5.91 Å². The summed E-state index contributed by atoms with van der Waals surface area (Å²) in [4.78, 5) is 14.4. The van der Waals surface area contributed by atoms with Gasteiger partial charge in [0.2, 0.25) is 0 Å². The molecule has 1 aliphatic rings. The molecule has 1 amide bonds. The average molecular weight is 281 g/mol. The van der Waals surface area contributed by atoms with Gasteiger partial charge in [-0.1, -0.05) is 12.8 Å². The van der Waals surface area contributed by atoms with E-state index >= 15 is 0 Å². The van der Waals surface area contributed by atoms with Gasteiger partial charge in [-0.25, -0.2) is 0 Å². The van der Waals surface area contributed by atoms with Crippen LogP contribution in [0, 0.1) is 0 Å². The smallest absolute Gasteiger partial charge is 0.261 e. The minimum absolute atomic E-state index is 0.0429. The molecule has 106 valence electrons. The summed E-state index contributed by atoms with van der Waals surface area (Å²) in [6.45, 7) is 2.52. The highest BCUT2D eigenvalue weighted by atomic mass is 32.1. The first-order valence-corrected chi connectivity index (χ1v) is 7.93. The van der Waals surface area contributed by atoms with Crippen LogP contribution in [-0.2, 0) is 17.6 Å². The first kappa shape index (κ1) is 14.5. The molecule has 1 aromatic rings. The second-order valence-corrected chi connectivity index (χ2v) is 6.44. The third-order valence-electron chi connectivity index (χ3n) is 3.51. The zero-order valence-corrected chi connectivity index (χ0v) is 12.6. The Morgan fingerprint density at radius 2 is 2.11 bits per heavy atom. The van der Waals surface area contributed by atoms with Gasteiger partial charge < -0.3 is 10.1 Å². The van der Waals surface area contributed by atoms with Gasteiger partial charge in [-0.05, 0) is 44.2 Å². The molecule has 19 heavy (non-hydrogen) atoms. The fraction of sp³-hybridized carbons (Fsp3) is 0.667. The predicted octanol–water partition coefficient (Wildman–Crippen LogP) is 3.17. The molecule has 1 N–H and O–H groups in total. The van der Waals surface area contributed by atoms with E-state index in [1.807, 2.05) is 6.92 Å². The lowest BCUT2D eigenvalue weighted by Gasteiger charge is -2.11. The Labute approximate surface area is 119 Å². The lowest BCUT2D eigenvalue weighted by atomic mass is 10.00. The standard InChI is InChI=1S/C15H23NO2S/c1-11(10-18-2)16-15(17)14-9-12-7-5-3-4-6-8-13(12)19-14/h9,11H,3-8,10H2,1-2H3,(H,16,17). The van der Waals surface area contributed by atoms with Gasteiger partial charge in [0, 0.05) is 18.0 Å². The fourth-order valence-corrected chi connectivity index (χ4v) is 3.70. The number of fused-ring (bicyclic) bond motifs is 1. The van der Waals surface area contributed by atoms with Gasteiger partial charge >= 0.3 is 0 Å². The molecule has 4 heteroatoms. The highest BCUT2D eigenvalue weighted by Crippen LogP contribution is 2.28. The summed E-state index contributed by atoms with van der Waals surface area (Å²) in [5.74, 6) is 0.0429. The summed E-state index contributed by atoms with van der Waals surface area (Å²) in [6, 6.07) is 2.15. The largest absolute Gasteiger partial charge is 0.383 e. The maximum atomic E-state index is 12.2. The Bertz CT molecular complexity index is 402. The average Bonchev–Trinajstić information content (AvgIpc) is 2.72. The number of carbonyl (C=O) groups excluding carboxylic acids is 1. The third-order valence-corrected chi connectivity index (χ3v) is 4.75. The van der Waals surface area contributed by atoms with Gasteiger partial charge in [-0.15, -0.1) is 11.3 Å². The number of thiophene rings is 1. The lowest BCUT2D eigenvalue weighted by Crippen LogP contribution is -2.35. The van der Waals surface area contributed by atoms with E-state index in [2.05, 4.69) is 11.4 Å². The Balaban J connectivity index is 2.04. The van der Waals surface area contributed by atoms with Crippen molar-refractivity contribution in [2.24, 2.45) is 0 Å². The van der Waals surface area contributed by atoms with Crippen LogP contribution in [-0.4, -0.2) is 25.7 Å². The summed E-state index contributed by atoms with van der Waals surface area (Å²) in [5.41, 5.74) is 1.40. The zero-order chi connectivity index (χ0) is 13.7. The van der Waals surface area contributed by atoms with Crippen molar-refractivity contribution in [2.75, 3.05) is 13.7 Å². The maximum absolute atomic E-state index is 12.2. The number of amides is 1. The molecule has 0 bridgehead atoms. The van der Waals surface area contributed by atoms with Crippen LogP contribution in [0.15, 0.2) is 6.07 Å². The molecule has 0 fully saturated rings. The van der Waals surface area contributed by atoms with Crippen LogP contribution in [0.3, 0.4) is 0 Å². The van der Waals surface area contributed by atoms with Gasteiger partial charge in [0.05, 0.1) is 11.5 Å². The molecule has 1 atom stereocenters. The van der Waals surface area contributed by atoms with E-state index in [9.17, 15) is 4.79 Å². The summed E-state index contributed by atoms with van der Waals surface area (Å²) in [5, 5.41) is 2.98. The van der Waals surface area contributed by atoms with Crippen molar-refractivity contribution in [1.29, 1.82) is 0 Å². The Morgan fingerprint density at radius 1 is 1.37 bits per heavy atom. The summed E-state index contributed by atoms with van der Waals surface area (Å²) < 4.78 is 5.04. The third kappa shape index (κ3) is 4.05. The number of hydrogen-bond donors (Lipinski definition) is 1. The van der Waals surface area contributed by atoms with Gasteiger partial charge in [0.15, 0.2) is 0 Å². The van der Waals surface area contributed by atoms with E-state index in [1.165, 1.54) is 36.1 Å². The van der Waals surface area contributed by atoms with Crippen LogP contribution in [0.4, 0.5) is 0 Å². The van der Waals surface area contributed by atoms with E-state index in [1.54, 1.807) is 18.4 Å². The zero-order valence-electron chi connectivity index (χ0n) is 11.8. The summed E-state index contributed by atoms with van der Waals surface area (Å²) in [7, 11) is 1.65. The molecule has 1 heterocycles. The number of carbonyl (C=O) groups is 1. The van der Waals surface area contributed by atoms with E-state index in [0.29, 0.717) is 6.61 Å². The molecule has 0 aromatic carbocycles. The predicted molar refractivity (Wildman–Crippen MR) is 79.0 cm³/mol. The molecule has 0 spiro atoms. The van der Waals surface area contributed by atoms with E-state index in [4.69, 9.17) is 4.74 Å². The minimum Gasteiger partial charge on any atom is -0.383 e. The van der Waals surface area contributed by atoms with Gasteiger partial charge in [0.1, 0.15) is 0 Å². The molecule has 3 nitrogen and oxygen atoms in total. The SMILES string of the molecule is COCC(C)NC(=O)c1cc2c(s1)CCCCCC2. The van der Waals surface area contributed by atoms with Crippen LogP contribution in [0.25, 0.3) is 0 Å². The molecule has 1 aliphatic carbocycles. The highest BCUT2D eigenvalue weighted by molar-refractivity contribution is 7.14. The molecule has 0 saturated carbocycles. The minimum atomic E-state index is 0.0429. The summed E-state index contributed by atoms with van der Waals surface area (Å²) in [6.07, 6.45) is 7.43. The van der Waals surface area contributed by atoms with Crippen LogP contribution in [0.5, 0.6) is 0 Å². The molecule has 2 rings (SSSR count). The number of ether oxygens (including phenoxy) is 1. The van der Waals surface area contributed by atoms with Crippen LogP contribution >= 0.6 is 11.3 Å². The molecule has 0 saturated heterocycles. The lowest BCUT2D eigenvalue weighted by molar-refractivity contribution is 0.0909. The topological polar surface area (TPSA) is 38.3 Å². The maximum Gasteiger partial charge on any atom is 0.261 e. The quantitative estimate of drug-likeness (QED) is 0.920. The van der Waals surface area contributed by atoms with Gasteiger partial charge in [-0.3, -0.25) is 4.79 Å². The van der Waals surface area contributed by atoms with Crippen molar-refractivity contribution in [3.8, 4) is 0 Å². The monoisotopic (exact) mass is 281 g/mol. The molecule has 1 unspecified atom stereocenters. The number of rotatable bonds is 4. The van der Waals surface area contributed by atoms with E-state index in [0.717, 1.165) is 17.7 Å². The van der Waals surface area contributed by atoms with Crippen LogP contribution in [0.1, 0.15) is 52.7 Å². The van der Waals surface area contributed by atoms with Crippen molar-refractivity contribution < 1.29 is 9.53 Å². The normalized spacial score (nSPS) is 17.2. The van der Waals surface area contributed by atoms with Crippen molar-refractivity contribution in [3.63, 3.8) is 0 Å². The van der Waals surface area contributed by atoms with Gasteiger partial charge in [-0.2, -0.15) is 0 Å². The molecule has 0 radical (unpaired) electrons. The molecular formula is C15H23NO2S. The Hall–Kier alpha value is -0.870. The second kappa shape index (κ2) is 7.06. The highest BCUT2D eigenvalue weighted by Gasteiger charge is 2.17. The molecule has 1 aromatic heterocycles. The molecule has 0 aliphatic heterocycles. The number of methoxy groups -OCH3 is 1. The van der Waals surface area contributed by atoms with Crippen LogP contribution < -0.4 is 5.32 Å². The van der Waals surface area contributed by atoms with Crippen molar-refractivity contribution in [1.82, 2.24) is 5.32 Å². The first-order valence-electron chi connectivity index (χ1n) is 7.12. The first-order chi connectivity index (χ1) is 9.20. The number of hydrogen-bond acceptors (Lipinski definition) is 3. The number of aryl methyl sites for hydroxylation is 2. The Kier molecular flexibility index (Phi) is 5.40. The number of nitrogens with one attached hydrogen (secondary N) is 1. The van der Waals surface area contributed by atoms with Crippen molar-refractivity contribution in [3.05, 3.63) is 21.4 Å². The van der Waals surface area contributed by atoms with E-state index in [-0.39, 0.29) is 11.9 Å². The van der Waals surface area contributed by atoms with Crippen molar-refractivity contribution in [2.45, 2.75) is 51.5 Å². The van der Waals surface area contributed by atoms with Crippen LogP contribution in [0.2, 0.25) is 0 Å². The molecular weight excluding hydrogens is 258 g/mol. The second-order valence-electron chi connectivity index (χ2n) is 5.30. The van der Waals surface area contributed by atoms with Crippen molar-refractivity contribution >= 4 is 17.2 Å².